The quantitative estimate of drug-likeness (QED) is 0.811. The lowest BCUT2D eigenvalue weighted by Crippen LogP contribution is -2.22. The molecule has 0 aliphatic heterocycles. The highest BCUT2D eigenvalue weighted by atomic mass is 35.5. The minimum absolute atomic E-state index is 0.269. The predicted octanol–water partition coefficient (Wildman–Crippen LogP) is 4.44. The van der Waals surface area contributed by atoms with Crippen molar-refractivity contribution in [1.29, 1.82) is 0 Å². The van der Waals surface area contributed by atoms with Crippen LogP contribution in [0, 0.1) is 5.92 Å². The molecular formula is C16H18ClNO. The SMILES string of the molecule is O=C(Cn1ccc2c(Cl)cccc21)C1CCCCC1. The fourth-order valence-electron chi connectivity index (χ4n) is 3.05. The predicted molar refractivity (Wildman–Crippen MR) is 78.5 cm³/mol. The lowest BCUT2D eigenvalue weighted by Gasteiger charge is -2.20. The summed E-state index contributed by atoms with van der Waals surface area (Å²) in [6, 6.07) is 7.84. The van der Waals surface area contributed by atoms with Crippen LogP contribution >= 0.6 is 11.6 Å². The van der Waals surface area contributed by atoms with Gasteiger partial charge in [0.1, 0.15) is 0 Å². The third kappa shape index (κ3) is 2.55. The van der Waals surface area contributed by atoms with E-state index in [4.69, 9.17) is 11.6 Å². The van der Waals surface area contributed by atoms with E-state index < -0.39 is 0 Å². The summed E-state index contributed by atoms with van der Waals surface area (Å²) in [4.78, 5) is 12.3. The molecule has 1 aromatic heterocycles. The minimum atomic E-state index is 0.269. The molecule has 0 saturated heterocycles. The van der Waals surface area contributed by atoms with Gasteiger partial charge in [0.25, 0.3) is 0 Å². The number of nitrogens with zero attached hydrogens (tertiary/aromatic N) is 1. The molecule has 1 heterocycles. The molecule has 3 rings (SSSR count). The molecular weight excluding hydrogens is 258 g/mol. The maximum Gasteiger partial charge on any atom is 0.155 e. The molecule has 2 nitrogen and oxygen atoms in total. The lowest BCUT2D eigenvalue weighted by molar-refractivity contribution is -0.124. The van der Waals surface area contributed by atoms with Gasteiger partial charge >= 0.3 is 0 Å². The second kappa shape index (κ2) is 5.38. The van der Waals surface area contributed by atoms with Crippen LogP contribution in [-0.2, 0) is 11.3 Å². The zero-order chi connectivity index (χ0) is 13.2. The molecule has 0 radical (unpaired) electrons. The number of hydrogen-bond acceptors (Lipinski definition) is 1. The van der Waals surface area contributed by atoms with Gasteiger partial charge in [-0.25, -0.2) is 0 Å². The Morgan fingerprint density at radius 1 is 1.21 bits per heavy atom. The van der Waals surface area contributed by atoms with E-state index in [0.717, 1.165) is 28.8 Å². The van der Waals surface area contributed by atoms with Crippen molar-refractivity contribution in [2.75, 3.05) is 0 Å². The maximum atomic E-state index is 12.3. The highest BCUT2D eigenvalue weighted by Gasteiger charge is 2.21. The normalized spacial score (nSPS) is 16.9. The van der Waals surface area contributed by atoms with Crippen molar-refractivity contribution in [3.63, 3.8) is 0 Å². The Kier molecular flexibility index (Phi) is 3.61. The number of fused-ring (bicyclic) bond motifs is 1. The molecule has 0 amide bonds. The number of benzene rings is 1. The second-order valence-corrected chi connectivity index (χ2v) is 5.82. The van der Waals surface area contributed by atoms with Crippen LogP contribution in [0.3, 0.4) is 0 Å². The van der Waals surface area contributed by atoms with Gasteiger partial charge in [0.05, 0.1) is 6.54 Å². The van der Waals surface area contributed by atoms with Crippen molar-refractivity contribution >= 4 is 28.3 Å². The largest absolute Gasteiger partial charge is 0.340 e. The van der Waals surface area contributed by atoms with E-state index in [1.165, 1.54) is 19.3 Å². The summed E-state index contributed by atoms with van der Waals surface area (Å²) in [5.74, 6) is 0.641. The fourth-order valence-corrected chi connectivity index (χ4v) is 3.28. The average Bonchev–Trinajstić information content (AvgIpc) is 2.84. The molecule has 0 spiro atoms. The molecule has 100 valence electrons. The van der Waals surface area contributed by atoms with Gasteiger partial charge in [-0.05, 0) is 31.0 Å². The van der Waals surface area contributed by atoms with Gasteiger partial charge < -0.3 is 4.57 Å². The van der Waals surface area contributed by atoms with Crippen molar-refractivity contribution in [2.24, 2.45) is 5.92 Å². The Morgan fingerprint density at radius 2 is 2.00 bits per heavy atom. The van der Waals surface area contributed by atoms with Gasteiger partial charge in [-0.3, -0.25) is 4.79 Å². The van der Waals surface area contributed by atoms with E-state index in [-0.39, 0.29) is 5.92 Å². The standard InChI is InChI=1S/C16H18ClNO/c17-14-7-4-8-15-13(14)9-10-18(15)11-16(19)12-5-2-1-3-6-12/h4,7-10,12H,1-3,5-6,11H2. The number of carbonyl (C=O) groups excluding carboxylic acids is 1. The summed E-state index contributed by atoms with van der Waals surface area (Å²) < 4.78 is 2.03. The monoisotopic (exact) mass is 275 g/mol. The molecule has 3 heteroatoms. The first-order valence-electron chi connectivity index (χ1n) is 7.02. The summed E-state index contributed by atoms with van der Waals surface area (Å²) in [6.07, 6.45) is 7.80. The van der Waals surface area contributed by atoms with Gasteiger partial charge in [-0.15, -0.1) is 0 Å². The van der Waals surface area contributed by atoms with Gasteiger partial charge in [-0.1, -0.05) is 36.9 Å². The van der Waals surface area contributed by atoms with E-state index in [2.05, 4.69) is 0 Å². The number of halogens is 1. The molecule has 1 saturated carbocycles. The zero-order valence-corrected chi connectivity index (χ0v) is 11.7. The van der Waals surface area contributed by atoms with Crippen molar-refractivity contribution in [3.8, 4) is 0 Å². The Morgan fingerprint density at radius 3 is 2.79 bits per heavy atom. The number of aromatic nitrogens is 1. The molecule has 0 atom stereocenters. The van der Waals surface area contributed by atoms with Crippen LogP contribution in [0.4, 0.5) is 0 Å². The van der Waals surface area contributed by atoms with E-state index in [0.29, 0.717) is 12.3 Å². The molecule has 1 aliphatic carbocycles. The first-order valence-corrected chi connectivity index (χ1v) is 7.39. The third-order valence-corrected chi connectivity index (χ3v) is 4.48. The molecule has 19 heavy (non-hydrogen) atoms. The first-order chi connectivity index (χ1) is 9.25. The Balaban J connectivity index is 1.81. The molecule has 1 aromatic carbocycles. The van der Waals surface area contributed by atoms with Crippen LogP contribution in [0.25, 0.3) is 10.9 Å². The van der Waals surface area contributed by atoms with E-state index in [1.54, 1.807) is 0 Å². The first kappa shape index (κ1) is 12.7. The van der Waals surface area contributed by atoms with E-state index in [1.807, 2.05) is 35.0 Å². The number of Topliss-reactive ketones (excluding diaryl/α,β-unsaturated/α-hetero) is 1. The van der Waals surface area contributed by atoms with Crippen LogP contribution < -0.4 is 0 Å². The van der Waals surface area contributed by atoms with Gasteiger partial charge in [0, 0.05) is 28.0 Å². The van der Waals surface area contributed by atoms with Crippen molar-refractivity contribution in [1.82, 2.24) is 4.57 Å². The van der Waals surface area contributed by atoms with Gasteiger partial charge in [-0.2, -0.15) is 0 Å². The number of rotatable bonds is 3. The highest BCUT2D eigenvalue weighted by Crippen LogP contribution is 2.27. The van der Waals surface area contributed by atoms with Crippen molar-refractivity contribution < 1.29 is 4.79 Å². The molecule has 0 unspecified atom stereocenters. The van der Waals surface area contributed by atoms with Crippen molar-refractivity contribution in [2.45, 2.75) is 38.6 Å². The topological polar surface area (TPSA) is 22.0 Å². The highest BCUT2D eigenvalue weighted by molar-refractivity contribution is 6.35. The maximum absolute atomic E-state index is 12.3. The Labute approximate surface area is 118 Å². The van der Waals surface area contributed by atoms with E-state index in [9.17, 15) is 4.79 Å². The molecule has 0 bridgehead atoms. The Hall–Kier alpha value is -1.28. The molecule has 1 aliphatic rings. The summed E-state index contributed by atoms with van der Waals surface area (Å²) in [5, 5.41) is 1.78. The summed E-state index contributed by atoms with van der Waals surface area (Å²) in [7, 11) is 0. The molecule has 2 aromatic rings. The van der Waals surface area contributed by atoms with Crippen LogP contribution in [0.2, 0.25) is 5.02 Å². The van der Waals surface area contributed by atoms with Crippen molar-refractivity contribution in [3.05, 3.63) is 35.5 Å². The summed E-state index contributed by atoms with van der Waals surface area (Å²) >= 11 is 6.16. The van der Waals surface area contributed by atoms with Gasteiger partial charge in [0.15, 0.2) is 5.78 Å². The smallest absolute Gasteiger partial charge is 0.155 e. The average molecular weight is 276 g/mol. The lowest BCUT2D eigenvalue weighted by atomic mass is 9.86. The third-order valence-electron chi connectivity index (χ3n) is 4.15. The minimum Gasteiger partial charge on any atom is -0.340 e. The van der Waals surface area contributed by atoms with Crippen LogP contribution in [0.1, 0.15) is 32.1 Å². The zero-order valence-electron chi connectivity index (χ0n) is 10.9. The summed E-state index contributed by atoms with van der Waals surface area (Å²) in [6.45, 7) is 0.481. The van der Waals surface area contributed by atoms with Crippen LogP contribution in [0.15, 0.2) is 30.5 Å². The number of hydrogen-bond donors (Lipinski definition) is 0. The second-order valence-electron chi connectivity index (χ2n) is 5.42. The van der Waals surface area contributed by atoms with Crippen LogP contribution in [0.5, 0.6) is 0 Å². The molecule has 1 fully saturated rings. The van der Waals surface area contributed by atoms with Gasteiger partial charge in [0.2, 0.25) is 0 Å². The fraction of sp³-hybridized carbons (Fsp3) is 0.438. The van der Waals surface area contributed by atoms with Crippen LogP contribution in [-0.4, -0.2) is 10.4 Å². The number of ketones is 1. The van der Waals surface area contributed by atoms with E-state index >= 15 is 0 Å². The molecule has 0 N–H and O–H groups in total. The number of carbonyl (C=O) groups is 1. The Bertz CT molecular complexity index is 596. The summed E-state index contributed by atoms with van der Waals surface area (Å²) in [5.41, 5.74) is 1.05.